The number of benzene rings is 2. The summed E-state index contributed by atoms with van der Waals surface area (Å²) in [6, 6.07) is 9.48. The normalized spacial score (nSPS) is 13.6. The highest BCUT2D eigenvalue weighted by Gasteiger charge is 2.19. The summed E-state index contributed by atoms with van der Waals surface area (Å²) in [4.78, 5) is -0.611. The van der Waals surface area contributed by atoms with Crippen LogP contribution in [0.25, 0.3) is 10.2 Å². The van der Waals surface area contributed by atoms with E-state index in [-0.39, 0.29) is 20.0 Å². The molecule has 0 bridgehead atoms. The van der Waals surface area contributed by atoms with Crippen molar-refractivity contribution in [2.75, 3.05) is 6.26 Å². The van der Waals surface area contributed by atoms with Crippen LogP contribution in [-0.4, -0.2) is 27.7 Å². The fourth-order valence-electron chi connectivity index (χ4n) is 2.37. The van der Waals surface area contributed by atoms with Gasteiger partial charge in [-0.05, 0) is 37.3 Å². The fourth-order valence-corrected chi connectivity index (χ4v) is 5.35. The lowest BCUT2D eigenvalue weighted by Crippen LogP contribution is -2.17. The van der Waals surface area contributed by atoms with Crippen molar-refractivity contribution in [1.82, 2.24) is 4.57 Å². The maximum atomic E-state index is 13.6. The molecule has 2 aromatic carbocycles. The molecule has 3 aromatic rings. The minimum atomic E-state index is -4.21. The summed E-state index contributed by atoms with van der Waals surface area (Å²) in [5, 5.41) is 0. The smallest absolute Gasteiger partial charge is 0.258 e. The predicted molar refractivity (Wildman–Crippen MR) is 98.1 cm³/mol. The van der Waals surface area contributed by atoms with E-state index in [4.69, 9.17) is 0 Å². The molecule has 0 aliphatic rings. The number of rotatable bonds is 4. The maximum Gasteiger partial charge on any atom is 0.321 e. The van der Waals surface area contributed by atoms with E-state index >= 15 is 0 Å². The third kappa shape index (κ3) is 3.94. The Bertz CT molecular complexity index is 1290. The Morgan fingerprint density at radius 1 is 1.00 bits per heavy atom. The molecule has 3 rings (SSSR count). The van der Waals surface area contributed by atoms with Crippen LogP contribution in [0.5, 0.6) is 0 Å². The molecule has 0 spiro atoms. The molecular weight excluding hydrogens is 418 g/mol. The molecule has 0 radical (unpaired) electrons. The third-order valence-corrected chi connectivity index (χ3v) is 7.26. The molecule has 0 aliphatic carbocycles. The average Bonchev–Trinajstić information content (AvgIpc) is 2.90. The van der Waals surface area contributed by atoms with Crippen molar-refractivity contribution < 1.29 is 25.6 Å². The molecule has 0 aliphatic heterocycles. The lowest BCUT2D eigenvalue weighted by Gasteiger charge is -2.04. The van der Waals surface area contributed by atoms with Crippen molar-refractivity contribution in [2.24, 2.45) is 4.40 Å². The summed E-state index contributed by atoms with van der Waals surface area (Å²) in [5.41, 5.74) is 0.840. The van der Waals surface area contributed by atoms with Gasteiger partial charge >= 0.3 is 6.55 Å². The van der Waals surface area contributed by atoms with Gasteiger partial charge in [0.1, 0.15) is 0 Å². The van der Waals surface area contributed by atoms with Gasteiger partial charge in [0.25, 0.3) is 10.0 Å². The first-order valence-corrected chi connectivity index (χ1v) is 11.6. The molecule has 1 heterocycles. The van der Waals surface area contributed by atoms with E-state index in [2.05, 4.69) is 4.40 Å². The van der Waals surface area contributed by atoms with Gasteiger partial charge in [0.2, 0.25) is 4.80 Å². The second kappa shape index (κ2) is 6.80. The number of nitrogens with zero attached hydrogens (tertiary/aromatic N) is 2. The number of aromatic nitrogens is 1. The Hall–Kier alpha value is -2.11. The Morgan fingerprint density at radius 2 is 1.59 bits per heavy atom. The standard InChI is InChI=1S/C16H14F2N2O4S3/c1-10-3-5-11(6-4-10)27(23,24)19-16-20(15(17)18)13-8-7-12(26(2,21)22)9-14(13)25-16/h3-9,15H,1-2H3/b19-16+. The zero-order chi connectivity index (χ0) is 20.0. The quantitative estimate of drug-likeness (QED) is 0.634. The number of aryl methyl sites for hydroxylation is 1. The van der Waals surface area contributed by atoms with E-state index in [0.717, 1.165) is 11.8 Å². The van der Waals surface area contributed by atoms with Gasteiger partial charge < -0.3 is 0 Å². The molecule has 0 fully saturated rings. The van der Waals surface area contributed by atoms with Gasteiger partial charge in [0, 0.05) is 6.26 Å². The molecule has 6 nitrogen and oxygen atoms in total. The topological polar surface area (TPSA) is 85.6 Å². The first-order valence-electron chi connectivity index (χ1n) is 7.50. The molecule has 144 valence electrons. The van der Waals surface area contributed by atoms with E-state index in [1.165, 1.54) is 30.3 Å². The second-order valence-corrected chi connectivity index (χ2v) is 10.4. The van der Waals surface area contributed by atoms with Crippen LogP contribution in [-0.2, 0) is 19.9 Å². The Labute approximate surface area is 158 Å². The number of sulfone groups is 1. The first-order chi connectivity index (χ1) is 12.5. The van der Waals surface area contributed by atoms with Crippen LogP contribution in [0.2, 0.25) is 0 Å². The van der Waals surface area contributed by atoms with Crippen molar-refractivity contribution in [2.45, 2.75) is 23.3 Å². The summed E-state index contributed by atoms with van der Waals surface area (Å²) < 4.78 is 79.6. The van der Waals surface area contributed by atoms with Crippen LogP contribution in [0, 0.1) is 6.92 Å². The minimum absolute atomic E-state index is 0.000237. The van der Waals surface area contributed by atoms with Crippen molar-refractivity contribution in [1.29, 1.82) is 0 Å². The number of halogens is 2. The van der Waals surface area contributed by atoms with Gasteiger partial charge in [-0.3, -0.25) is 4.57 Å². The lowest BCUT2D eigenvalue weighted by molar-refractivity contribution is 0.0723. The lowest BCUT2D eigenvalue weighted by atomic mass is 10.2. The number of hydrogen-bond acceptors (Lipinski definition) is 5. The van der Waals surface area contributed by atoms with Crippen molar-refractivity contribution >= 4 is 41.4 Å². The highest BCUT2D eigenvalue weighted by atomic mass is 32.2. The number of fused-ring (bicyclic) bond motifs is 1. The maximum absolute atomic E-state index is 13.6. The molecule has 0 saturated heterocycles. The summed E-state index contributed by atoms with van der Waals surface area (Å²) in [6.07, 6.45) is 0.996. The fraction of sp³-hybridized carbons (Fsp3) is 0.188. The van der Waals surface area contributed by atoms with E-state index < -0.39 is 31.2 Å². The van der Waals surface area contributed by atoms with Crippen LogP contribution >= 0.6 is 11.3 Å². The Kier molecular flexibility index (Phi) is 4.95. The summed E-state index contributed by atoms with van der Waals surface area (Å²) in [6.45, 7) is -1.27. The SMILES string of the molecule is Cc1ccc(S(=O)(=O)/N=c2/sc3cc(S(C)(=O)=O)ccc3n2C(F)F)cc1. The summed E-state index contributed by atoms with van der Waals surface area (Å²) >= 11 is 0.680. The highest BCUT2D eigenvalue weighted by molar-refractivity contribution is 7.90. The first kappa shape index (κ1) is 19.6. The van der Waals surface area contributed by atoms with E-state index in [0.29, 0.717) is 15.9 Å². The van der Waals surface area contributed by atoms with Gasteiger partial charge in [-0.2, -0.15) is 17.2 Å². The number of sulfonamides is 1. The van der Waals surface area contributed by atoms with Gasteiger partial charge in [-0.1, -0.05) is 29.0 Å². The minimum Gasteiger partial charge on any atom is -0.258 e. The second-order valence-electron chi connectivity index (χ2n) is 5.81. The number of thiazole rings is 1. The Morgan fingerprint density at radius 3 is 2.15 bits per heavy atom. The monoisotopic (exact) mass is 432 g/mol. The van der Waals surface area contributed by atoms with E-state index in [9.17, 15) is 25.6 Å². The predicted octanol–water partition coefficient (Wildman–Crippen LogP) is 3.10. The zero-order valence-corrected chi connectivity index (χ0v) is 16.6. The van der Waals surface area contributed by atoms with Crippen molar-refractivity contribution in [3.05, 3.63) is 52.8 Å². The van der Waals surface area contributed by atoms with Gasteiger partial charge in [-0.15, -0.1) is 4.40 Å². The van der Waals surface area contributed by atoms with Crippen LogP contribution in [0.4, 0.5) is 8.78 Å². The largest absolute Gasteiger partial charge is 0.321 e. The average molecular weight is 432 g/mol. The number of alkyl halides is 2. The summed E-state index contributed by atoms with van der Waals surface area (Å²) in [5.74, 6) is 0. The molecule has 11 heteroatoms. The number of hydrogen-bond donors (Lipinski definition) is 0. The third-order valence-electron chi connectivity index (χ3n) is 3.74. The Balaban J connectivity index is 2.28. The van der Waals surface area contributed by atoms with E-state index in [1.54, 1.807) is 19.1 Å². The zero-order valence-electron chi connectivity index (χ0n) is 14.1. The highest BCUT2D eigenvalue weighted by Crippen LogP contribution is 2.26. The van der Waals surface area contributed by atoms with E-state index in [1.807, 2.05) is 0 Å². The van der Waals surface area contributed by atoms with Crippen LogP contribution in [0.1, 0.15) is 12.1 Å². The molecule has 0 amide bonds. The van der Waals surface area contributed by atoms with Gasteiger partial charge in [0.05, 0.1) is 20.0 Å². The molecule has 0 saturated carbocycles. The van der Waals surface area contributed by atoms with Crippen LogP contribution < -0.4 is 4.80 Å². The van der Waals surface area contributed by atoms with Crippen molar-refractivity contribution in [3.8, 4) is 0 Å². The molecule has 0 unspecified atom stereocenters. The van der Waals surface area contributed by atoms with Crippen molar-refractivity contribution in [3.63, 3.8) is 0 Å². The van der Waals surface area contributed by atoms with Crippen LogP contribution in [0.3, 0.4) is 0 Å². The molecular formula is C16H14F2N2O4S3. The molecule has 0 N–H and O–H groups in total. The summed E-state index contributed by atoms with van der Waals surface area (Å²) in [7, 11) is -7.75. The molecule has 27 heavy (non-hydrogen) atoms. The molecule has 1 aromatic heterocycles. The van der Waals surface area contributed by atoms with Gasteiger partial charge in [0.15, 0.2) is 9.84 Å². The van der Waals surface area contributed by atoms with Crippen LogP contribution in [0.15, 0.2) is 56.7 Å². The van der Waals surface area contributed by atoms with Gasteiger partial charge in [-0.25, -0.2) is 8.42 Å². The molecule has 0 atom stereocenters.